The van der Waals surface area contributed by atoms with Gasteiger partial charge in [-0.25, -0.2) is 4.79 Å². The molecule has 5 nitrogen and oxygen atoms in total. The smallest absolute Gasteiger partial charge is 0.346 e. The van der Waals surface area contributed by atoms with Gasteiger partial charge in [0.25, 0.3) is 0 Å². The predicted molar refractivity (Wildman–Crippen MR) is 51.9 cm³/mol. The van der Waals surface area contributed by atoms with Gasteiger partial charge in [-0.05, 0) is 0 Å². The van der Waals surface area contributed by atoms with Gasteiger partial charge in [0.2, 0.25) is 0 Å². The molecule has 0 aromatic heterocycles. The van der Waals surface area contributed by atoms with E-state index in [1.807, 2.05) is 0 Å². The fraction of sp³-hybridized carbons (Fsp3) is 0.100. The van der Waals surface area contributed by atoms with Crippen molar-refractivity contribution in [3.63, 3.8) is 0 Å². The van der Waals surface area contributed by atoms with Crippen LogP contribution in [0.25, 0.3) is 0 Å². The molecule has 3 N–H and O–H groups in total. The van der Waals surface area contributed by atoms with Gasteiger partial charge in [0.05, 0.1) is 0 Å². The molecule has 0 aliphatic heterocycles. The first-order valence-corrected chi connectivity index (χ1v) is 4.09. The molecule has 0 heterocycles. The zero-order chi connectivity index (χ0) is 11.4. The number of ether oxygens (including phenoxy) is 1. The van der Waals surface area contributed by atoms with E-state index >= 15 is 0 Å². The van der Waals surface area contributed by atoms with Crippen molar-refractivity contribution in [1.29, 1.82) is 0 Å². The van der Waals surface area contributed by atoms with Crippen LogP contribution in [0, 0.1) is 0 Å². The maximum Gasteiger partial charge on any atom is 0.346 e. The molecule has 0 bridgehead atoms. The second-order valence-electron chi connectivity index (χ2n) is 2.75. The van der Waals surface area contributed by atoms with Gasteiger partial charge in [-0.15, -0.1) is 0 Å². The van der Waals surface area contributed by atoms with Gasteiger partial charge >= 0.3 is 5.97 Å². The molecule has 0 atom stereocenters. The van der Waals surface area contributed by atoms with Crippen molar-refractivity contribution in [3.8, 4) is 17.2 Å². The summed E-state index contributed by atoms with van der Waals surface area (Å²) in [6.07, 6.45) is 1.35. The molecule has 1 aromatic carbocycles. The minimum Gasteiger partial charge on any atom is -0.508 e. The molecular weight excluding hydrogens is 200 g/mol. The summed E-state index contributed by atoms with van der Waals surface area (Å²) in [7, 11) is 0. The molecule has 1 rings (SSSR count). The van der Waals surface area contributed by atoms with Gasteiger partial charge in [-0.3, -0.25) is 0 Å². The monoisotopic (exact) mass is 210 g/mol. The predicted octanol–water partition coefficient (Wildman–Crippen LogP) is 1.15. The molecule has 0 spiro atoms. The van der Waals surface area contributed by atoms with Gasteiger partial charge in [0.1, 0.15) is 29.4 Å². The van der Waals surface area contributed by atoms with E-state index in [2.05, 4.69) is 11.3 Å². The Morgan fingerprint density at radius 2 is 1.87 bits per heavy atom. The Labute approximate surface area is 85.9 Å². The van der Waals surface area contributed by atoms with Crippen molar-refractivity contribution in [1.82, 2.24) is 0 Å². The molecule has 0 radical (unpaired) electrons. The van der Waals surface area contributed by atoms with Gasteiger partial charge in [0, 0.05) is 12.1 Å². The molecule has 0 saturated carbocycles. The van der Waals surface area contributed by atoms with Crippen LogP contribution in [-0.4, -0.2) is 27.9 Å². The maximum absolute atomic E-state index is 11.3. The number of hydrogen-bond acceptors (Lipinski definition) is 5. The highest BCUT2D eigenvalue weighted by atomic mass is 16.5. The Bertz CT molecular complexity index is 374. The summed E-state index contributed by atoms with van der Waals surface area (Å²) in [5.74, 6) is -2.31. The summed E-state index contributed by atoms with van der Waals surface area (Å²) < 4.78 is 4.62. The zero-order valence-electron chi connectivity index (χ0n) is 7.80. The minimum atomic E-state index is -0.884. The average molecular weight is 210 g/mol. The van der Waals surface area contributed by atoms with E-state index in [0.717, 1.165) is 12.1 Å². The molecule has 0 unspecified atom stereocenters. The minimum absolute atomic E-state index is 0.0292. The van der Waals surface area contributed by atoms with Crippen LogP contribution in [0.15, 0.2) is 24.8 Å². The molecule has 0 saturated heterocycles. The second kappa shape index (κ2) is 4.36. The Balaban J connectivity index is 3.03. The fourth-order valence-electron chi connectivity index (χ4n) is 1.01. The Kier molecular flexibility index (Phi) is 3.17. The van der Waals surface area contributed by atoms with Crippen molar-refractivity contribution in [2.75, 3.05) is 6.61 Å². The number of carbonyl (C=O) groups excluding carboxylic acids is 1. The van der Waals surface area contributed by atoms with E-state index in [1.165, 1.54) is 6.08 Å². The van der Waals surface area contributed by atoms with Crippen LogP contribution in [0.5, 0.6) is 17.2 Å². The van der Waals surface area contributed by atoms with Gasteiger partial charge < -0.3 is 20.1 Å². The number of phenols is 3. The fourth-order valence-corrected chi connectivity index (χ4v) is 1.01. The molecule has 80 valence electrons. The van der Waals surface area contributed by atoms with Crippen molar-refractivity contribution < 1.29 is 24.9 Å². The molecule has 1 aromatic rings. The van der Waals surface area contributed by atoms with E-state index < -0.39 is 17.5 Å². The Morgan fingerprint density at radius 3 is 2.33 bits per heavy atom. The first-order chi connectivity index (χ1) is 7.06. The number of hydrogen-bond donors (Lipinski definition) is 3. The van der Waals surface area contributed by atoms with Crippen LogP contribution >= 0.6 is 0 Å². The SMILES string of the molecule is C=CCOC(=O)c1c(O)cc(O)cc1O. The number of aromatic hydroxyl groups is 3. The van der Waals surface area contributed by atoms with Gasteiger partial charge in [-0.1, -0.05) is 12.7 Å². The number of carbonyl (C=O) groups is 1. The lowest BCUT2D eigenvalue weighted by atomic mass is 10.1. The highest BCUT2D eigenvalue weighted by Crippen LogP contribution is 2.32. The normalized spacial score (nSPS) is 9.60. The summed E-state index contributed by atoms with van der Waals surface area (Å²) in [4.78, 5) is 11.3. The van der Waals surface area contributed by atoms with Crippen LogP contribution in [0.1, 0.15) is 10.4 Å². The van der Waals surface area contributed by atoms with Crippen LogP contribution in [0.3, 0.4) is 0 Å². The van der Waals surface area contributed by atoms with E-state index in [9.17, 15) is 15.0 Å². The van der Waals surface area contributed by atoms with Crippen LogP contribution in [0.2, 0.25) is 0 Å². The second-order valence-corrected chi connectivity index (χ2v) is 2.75. The van der Waals surface area contributed by atoms with Crippen LogP contribution in [-0.2, 0) is 4.74 Å². The third-order valence-electron chi connectivity index (χ3n) is 1.62. The molecule has 0 amide bonds. The zero-order valence-corrected chi connectivity index (χ0v) is 7.80. The molecular formula is C10H10O5. The van der Waals surface area contributed by atoms with Crippen molar-refractivity contribution in [3.05, 3.63) is 30.4 Å². The summed E-state index contributed by atoms with van der Waals surface area (Å²) in [5.41, 5.74) is -0.380. The first-order valence-electron chi connectivity index (χ1n) is 4.09. The van der Waals surface area contributed by atoms with Crippen molar-refractivity contribution in [2.24, 2.45) is 0 Å². The third kappa shape index (κ3) is 2.40. The lowest BCUT2D eigenvalue weighted by Crippen LogP contribution is -2.05. The lowest BCUT2D eigenvalue weighted by molar-refractivity contribution is 0.0543. The van der Waals surface area contributed by atoms with Crippen LogP contribution < -0.4 is 0 Å². The number of phenolic OH excluding ortho intramolecular Hbond substituents is 3. The van der Waals surface area contributed by atoms with E-state index in [1.54, 1.807) is 0 Å². The number of rotatable bonds is 3. The highest BCUT2D eigenvalue weighted by Gasteiger charge is 2.18. The molecule has 0 aliphatic carbocycles. The Hall–Kier alpha value is -2.17. The third-order valence-corrected chi connectivity index (χ3v) is 1.62. The van der Waals surface area contributed by atoms with E-state index in [-0.39, 0.29) is 17.9 Å². The lowest BCUT2D eigenvalue weighted by Gasteiger charge is -2.06. The number of benzene rings is 1. The summed E-state index contributed by atoms with van der Waals surface area (Å²) in [5, 5.41) is 27.6. The van der Waals surface area contributed by atoms with E-state index in [0.29, 0.717) is 0 Å². The summed E-state index contributed by atoms with van der Waals surface area (Å²) >= 11 is 0. The maximum atomic E-state index is 11.3. The molecule has 15 heavy (non-hydrogen) atoms. The average Bonchev–Trinajstić information content (AvgIpc) is 2.12. The quantitative estimate of drug-likeness (QED) is 0.514. The first kappa shape index (κ1) is 10.9. The largest absolute Gasteiger partial charge is 0.508 e. The summed E-state index contributed by atoms with van der Waals surface area (Å²) in [6, 6.07) is 1.87. The number of esters is 1. The molecule has 0 fully saturated rings. The van der Waals surface area contributed by atoms with E-state index in [4.69, 9.17) is 5.11 Å². The molecule has 5 heteroatoms. The van der Waals surface area contributed by atoms with Crippen LogP contribution in [0.4, 0.5) is 0 Å². The highest BCUT2D eigenvalue weighted by molar-refractivity contribution is 5.95. The standard InChI is InChI=1S/C10H10O5/c1-2-3-15-10(14)9-7(12)4-6(11)5-8(9)13/h2,4-5,11-13H,1,3H2. The Morgan fingerprint density at radius 1 is 1.33 bits per heavy atom. The molecule has 0 aliphatic rings. The van der Waals surface area contributed by atoms with Crippen molar-refractivity contribution >= 4 is 5.97 Å². The van der Waals surface area contributed by atoms with Gasteiger partial charge in [-0.2, -0.15) is 0 Å². The summed E-state index contributed by atoms with van der Waals surface area (Å²) in [6.45, 7) is 3.31. The van der Waals surface area contributed by atoms with Crippen molar-refractivity contribution in [2.45, 2.75) is 0 Å². The van der Waals surface area contributed by atoms with Gasteiger partial charge in [0.15, 0.2) is 0 Å². The topological polar surface area (TPSA) is 87.0 Å².